The number of carbonyl (C=O) groups is 1. The number of nitrogens with two attached hydrogens (primary N) is 1. The number of anilines is 2. The first-order valence-electron chi connectivity index (χ1n) is 14.0. The number of ether oxygens (including phenoxy) is 2. The number of carbonyl (C=O) groups excluding carboxylic acids is 1. The molecule has 3 aromatic heterocycles. The molecule has 1 saturated heterocycles. The average molecular weight is 603 g/mol. The van der Waals surface area contributed by atoms with Crippen molar-refractivity contribution in [2.45, 2.75) is 50.5 Å². The van der Waals surface area contributed by atoms with Gasteiger partial charge in [0.2, 0.25) is 5.88 Å². The molecule has 0 bridgehead atoms. The Morgan fingerprint density at radius 1 is 1.00 bits per heavy atom. The third-order valence-electron chi connectivity index (χ3n) is 6.83. The number of pyridine rings is 3. The first kappa shape index (κ1) is 29.9. The number of nitrogen functional groups attached to an aromatic ring is 1. The van der Waals surface area contributed by atoms with Gasteiger partial charge in [0.25, 0.3) is 15.9 Å². The second kappa shape index (κ2) is 13.2. The molecule has 0 atom stereocenters. The van der Waals surface area contributed by atoms with Crippen LogP contribution >= 0.6 is 0 Å². The van der Waals surface area contributed by atoms with Crippen molar-refractivity contribution in [1.29, 1.82) is 0 Å². The Hall–Kier alpha value is -4.55. The summed E-state index contributed by atoms with van der Waals surface area (Å²) in [6, 6.07) is 21.0. The molecular weight excluding hydrogens is 568 g/mol. The number of piperidine rings is 1. The van der Waals surface area contributed by atoms with Gasteiger partial charge in [-0.3, -0.25) is 4.79 Å². The lowest BCUT2D eigenvalue weighted by molar-refractivity contribution is 0.0250. The van der Waals surface area contributed by atoms with Gasteiger partial charge in [-0.25, -0.2) is 19.7 Å². The molecule has 1 aliphatic heterocycles. The highest BCUT2D eigenvalue weighted by Crippen LogP contribution is 2.28. The average Bonchev–Trinajstić information content (AvgIpc) is 3.00. The molecule has 43 heavy (non-hydrogen) atoms. The zero-order valence-electron chi connectivity index (χ0n) is 24.0. The van der Waals surface area contributed by atoms with Gasteiger partial charge in [0, 0.05) is 30.9 Å². The second-order valence-electron chi connectivity index (χ2n) is 10.4. The van der Waals surface area contributed by atoms with E-state index in [1.807, 2.05) is 55.1 Å². The molecule has 1 fully saturated rings. The lowest BCUT2D eigenvalue weighted by Crippen LogP contribution is -2.39. The summed E-state index contributed by atoms with van der Waals surface area (Å²) in [4.78, 5) is 28.5. The quantitative estimate of drug-likeness (QED) is 0.270. The highest BCUT2D eigenvalue weighted by molar-refractivity contribution is 7.90. The van der Waals surface area contributed by atoms with Gasteiger partial charge in [-0.1, -0.05) is 36.4 Å². The van der Waals surface area contributed by atoms with Crippen molar-refractivity contribution in [3.05, 3.63) is 90.1 Å². The van der Waals surface area contributed by atoms with Crippen LogP contribution in [0.4, 0.5) is 11.6 Å². The summed E-state index contributed by atoms with van der Waals surface area (Å²) < 4.78 is 39.8. The Kier molecular flexibility index (Phi) is 9.17. The van der Waals surface area contributed by atoms with Gasteiger partial charge in [0.05, 0.1) is 30.1 Å². The fraction of sp³-hybridized carbons (Fsp3) is 0.290. The smallest absolute Gasteiger partial charge is 0.281 e. The molecule has 1 amide bonds. The van der Waals surface area contributed by atoms with E-state index in [1.54, 1.807) is 24.4 Å². The van der Waals surface area contributed by atoms with Crippen LogP contribution in [-0.2, 0) is 21.4 Å². The topological polar surface area (TPSA) is 150 Å². The van der Waals surface area contributed by atoms with Crippen LogP contribution in [0, 0.1) is 0 Å². The minimum absolute atomic E-state index is 0.0146. The van der Waals surface area contributed by atoms with E-state index < -0.39 is 15.9 Å². The standard InChI is InChI=1S/C31H34N6O5S/c1-21(2)42-28-14-11-23(19-33-28)26-13-12-25(31(38)36-43(39,40)29-10-6-9-27(32)35-29)30(34-26)37-17-15-24(16-18-37)41-20-22-7-4-3-5-8-22/h3-14,19,21,24H,15-18,20H2,1-2H3,(H2,32,35)(H,36,38). The van der Waals surface area contributed by atoms with Crippen LogP contribution in [0.5, 0.6) is 5.88 Å². The first-order chi connectivity index (χ1) is 20.7. The van der Waals surface area contributed by atoms with E-state index in [-0.39, 0.29) is 28.6 Å². The number of amides is 1. The van der Waals surface area contributed by atoms with Crippen LogP contribution in [0.2, 0.25) is 0 Å². The minimum Gasteiger partial charge on any atom is -0.475 e. The Morgan fingerprint density at radius 3 is 2.44 bits per heavy atom. The molecule has 0 aliphatic carbocycles. The first-order valence-corrected chi connectivity index (χ1v) is 15.5. The molecule has 3 N–H and O–H groups in total. The van der Waals surface area contributed by atoms with Crippen molar-refractivity contribution in [2.75, 3.05) is 23.7 Å². The molecule has 5 rings (SSSR count). The van der Waals surface area contributed by atoms with Crippen molar-refractivity contribution in [1.82, 2.24) is 19.7 Å². The van der Waals surface area contributed by atoms with Gasteiger partial charge in [0.15, 0.2) is 5.03 Å². The Labute approximate surface area is 251 Å². The molecule has 224 valence electrons. The van der Waals surface area contributed by atoms with Crippen LogP contribution in [0.25, 0.3) is 11.3 Å². The van der Waals surface area contributed by atoms with E-state index in [9.17, 15) is 13.2 Å². The highest BCUT2D eigenvalue weighted by Gasteiger charge is 2.28. The molecule has 0 radical (unpaired) electrons. The van der Waals surface area contributed by atoms with E-state index >= 15 is 0 Å². The number of rotatable bonds is 10. The van der Waals surface area contributed by atoms with Crippen LogP contribution in [0.1, 0.15) is 42.6 Å². The largest absolute Gasteiger partial charge is 0.475 e. The summed E-state index contributed by atoms with van der Waals surface area (Å²) >= 11 is 0. The van der Waals surface area contributed by atoms with Crippen LogP contribution in [0.15, 0.2) is 84.0 Å². The minimum atomic E-state index is -4.28. The van der Waals surface area contributed by atoms with Gasteiger partial charge in [0.1, 0.15) is 11.6 Å². The van der Waals surface area contributed by atoms with Gasteiger partial charge in [-0.05, 0) is 62.6 Å². The molecule has 0 spiro atoms. The highest BCUT2D eigenvalue weighted by atomic mass is 32.2. The predicted octanol–water partition coefficient (Wildman–Crippen LogP) is 4.21. The number of hydrogen-bond donors (Lipinski definition) is 2. The second-order valence-corrected chi connectivity index (χ2v) is 12.1. The predicted molar refractivity (Wildman–Crippen MR) is 163 cm³/mol. The molecule has 11 nitrogen and oxygen atoms in total. The summed E-state index contributed by atoms with van der Waals surface area (Å²) in [6.07, 6.45) is 3.12. The SMILES string of the molecule is CC(C)Oc1ccc(-c2ccc(C(=O)NS(=O)(=O)c3cccc(N)n3)c(N3CCC(OCc4ccccc4)CC3)n2)cn1. The van der Waals surface area contributed by atoms with Gasteiger partial charge in [-0.2, -0.15) is 8.42 Å². The molecule has 0 saturated carbocycles. The molecular formula is C31H34N6O5S. The van der Waals surface area contributed by atoms with Crippen molar-refractivity contribution in [3.63, 3.8) is 0 Å². The van der Waals surface area contributed by atoms with Crippen molar-refractivity contribution < 1.29 is 22.7 Å². The number of nitrogens with zero attached hydrogens (tertiary/aromatic N) is 4. The van der Waals surface area contributed by atoms with Crippen LogP contribution in [0.3, 0.4) is 0 Å². The Balaban J connectivity index is 1.39. The van der Waals surface area contributed by atoms with Gasteiger partial charge >= 0.3 is 0 Å². The summed E-state index contributed by atoms with van der Waals surface area (Å²) in [5.41, 5.74) is 8.19. The third-order valence-corrected chi connectivity index (χ3v) is 8.06. The molecule has 1 aliphatic rings. The van der Waals surface area contributed by atoms with E-state index in [2.05, 4.69) is 14.7 Å². The third kappa shape index (κ3) is 7.65. The van der Waals surface area contributed by atoms with Crippen LogP contribution < -0.4 is 20.1 Å². The lowest BCUT2D eigenvalue weighted by Gasteiger charge is -2.33. The number of hydrogen-bond acceptors (Lipinski definition) is 10. The maximum Gasteiger partial charge on any atom is 0.281 e. The normalized spacial score (nSPS) is 14.1. The number of nitrogens with one attached hydrogen (secondary N) is 1. The fourth-order valence-corrected chi connectivity index (χ4v) is 5.64. The summed E-state index contributed by atoms with van der Waals surface area (Å²) in [5.74, 6) is 0.0694. The maximum atomic E-state index is 13.4. The Morgan fingerprint density at radius 2 is 1.77 bits per heavy atom. The molecule has 12 heteroatoms. The van der Waals surface area contributed by atoms with Gasteiger partial charge in [-0.15, -0.1) is 0 Å². The molecule has 1 aromatic carbocycles. The van der Waals surface area contributed by atoms with Crippen molar-refractivity contribution >= 4 is 27.6 Å². The van der Waals surface area contributed by atoms with Crippen molar-refractivity contribution in [3.8, 4) is 17.1 Å². The monoisotopic (exact) mass is 602 g/mol. The Bertz CT molecular complexity index is 1660. The van der Waals surface area contributed by atoms with E-state index in [1.165, 1.54) is 18.2 Å². The number of sulfonamides is 1. The number of benzene rings is 1. The summed E-state index contributed by atoms with van der Waals surface area (Å²) in [7, 11) is -4.28. The van der Waals surface area contributed by atoms with Crippen LogP contribution in [-0.4, -0.2) is 54.6 Å². The van der Waals surface area contributed by atoms with E-state index in [0.29, 0.717) is 49.9 Å². The molecule has 0 unspecified atom stereocenters. The van der Waals surface area contributed by atoms with E-state index in [4.69, 9.17) is 20.2 Å². The maximum absolute atomic E-state index is 13.4. The lowest BCUT2D eigenvalue weighted by atomic mass is 10.1. The number of aromatic nitrogens is 3. The zero-order valence-corrected chi connectivity index (χ0v) is 24.8. The molecule has 4 aromatic rings. The zero-order chi connectivity index (χ0) is 30.4. The fourth-order valence-electron chi connectivity index (χ4n) is 4.70. The summed E-state index contributed by atoms with van der Waals surface area (Å²) in [5, 5.41) is -0.349. The molecule has 4 heterocycles. The van der Waals surface area contributed by atoms with E-state index in [0.717, 1.165) is 11.1 Å². The van der Waals surface area contributed by atoms with Gasteiger partial charge < -0.3 is 20.1 Å². The van der Waals surface area contributed by atoms with Crippen molar-refractivity contribution in [2.24, 2.45) is 0 Å². The summed E-state index contributed by atoms with van der Waals surface area (Å²) in [6.45, 7) is 5.50.